The Morgan fingerprint density at radius 1 is 1.15 bits per heavy atom. The lowest BCUT2D eigenvalue weighted by Gasteiger charge is -2.09. The average Bonchev–Trinajstić information content (AvgIpc) is 2.90. The normalized spacial score (nSPS) is 10.7. The predicted molar refractivity (Wildman–Crippen MR) is 83.5 cm³/mol. The lowest BCUT2D eigenvalue weighted by Crippen LogP contribution is -2.12. The van der Waals surface area contributed by atoms with E-state index < -0.39 is 0 Å². The highest BCUT2D eigenvalue weighted by molar-refractivity contribution is 7.16. The summed E-state index contributed by atoms with van der Waals surface area (Å²) in [5.41, 5.74) is 6.42. The van der Waals surface area contributed by atoms with E-state index in [4.69, 9.17) is 0 Å². The Labute approximate surface area is 121 Å². The van der Waals surface area contributed by atoms with Crippen LogP contribution in [0, 0.1) is 13.8 Å². The molecule has 1 aromatic heterocycles. The molecule has 0 radical (unpaired) electrons. The largest absolute Gasteiger partial charge is 0.322 e. The Hall–Kier alpha value is -2.20. The van der Waals surface area contributed by atoms with Crippen LogP contribution in [0.4, 0.5) is 5.69 Å². The minimum Gasteiger partial charge on any atom is -0.322 e. The monoisotopic (exact) mass is 282 g/mol. The van der Waals surface area contributed by atoms with Crippen LogP contribution in [0.1, 0.15) is 21.5 Å². The molecule has 0 aliphatic rings. The zero-order valence-corrected chi connectivity index (χ0v) is 12.1. The van der Waals surface area contributed by atoms with Gasteiger partial charge in [-0.1, -0.05) is 12.1 Å². The number of benzene rings is 2. The summed E-state index contributed by atoms with van der Waals surface area (Å²) < 4.78 is 1.03. The Morgan fingerprint density at radius 2 is 2.00 bits per heavy atom. The fourth-order valence-electron chi connectivity index (χ4n) is 2.06. The minimum atomic E-state index is -0.0889. The lowest BCUT2D eigenvalue weighted by molar-refractivity contribution is 0.102. The molecule has 0 spiro atoms. The van der Waals surface area contributed by atoms with Crippen LogP contribution in [0.3, 0.4) is 0 Å². The molecule has 0 unspecified atom stereocenters. The second kappa shape index (κ2) is 5.06. The van der Waals surface area contributed by atoms with Crippen molar-refractivity contribution in [3.05, 3.63) is 58.6 Å². The van der Waals surface area contributed by atoms with Gasteiger partial charge in [-0.25, -0.2) is 4.98 Å². The molecule has 0 atom stereocenters. The quantitative estimate of drug-likeness (QED) is 0.766. The van der Waals surface area contributed by atoms with Crippen molar-refractivity contribution in [2.75, 3.05) is 5.32 Å². The summed E-state index contributed by atoms with van der Waals surface area (Å²) in [5.74, 6) is -0.0889. The predicted octanol–water partition coefficient (Wildman–Crippen LogP) is 4.17. The first-order valence-corrected chi connectivity index (χ1v) is 7.23. The van der Waals surface area contributed by atoms with E-state index in [9.17, 15) is 4.79 Å². The summed E-state index contributed by atoms with van der Waals surface area (Å²) in [6.07, 6.45) is 0. The second-order valence-electron chi connectivity index (χ2n) is 4.81. The zero-order chi connectivity index (χ0) is 14.1. The van der Waals surface area contributed by atoms with Crippen LogP contribution in [0.15, 0.2) is 41.9 Å². The van der Waals surface area contributed by atoms with Gasteiger partial charge in [0.15, 0.2) is 0 Å². The topological polar surface area (TPSA) is 42.0 Å². The fraction of sp³-hybridized carbons (Fsp3) is 0.125. The van der Waals surface area contributed by atoms with Crippen molar-refractivity contribution < 1.29 is 4.79 Å². The maximum atomic E-state index is 12.3. The number of fused-ring (bicyclic) bond motifs is 1. The first-order chi connectivity index (χ1) is 9.63. The van der Waals surface area contributed by atoms with E-state index in [1.54, 1.807) is 5.51 Å². The molecule has 0 aliphatic heterocycles. The molecule has 0 fully saturated rings. The molecule has 2 aromatic carbocycles. The third-order valence-corrected chi connectivity index (χ3v) is 4.03. The molecular weight excluding hydrogens is 268 g/mol. The number of aromatic nitrogens is 1. The first-order valence-electron chi connectivity index (χ1n) is 6.35. The maximum absolute atomic E-state index is 12.3. The number of nitrogens with one attached hydrogen (secondary N) is 1. The van der Waals surface area contributed by atoms with Crippen LogP contribution < -0.4 is 5.32 Å². The molecule has 20 heavy (non-hydrogen) atoms. The van der Waals surface area contributed by atoms with Gasteiger partial charge in [-0.15, -0.1) is 11.3 Å². The number of carbonyl (C=O) groups is 1. The first kappa shape index (κ1) is 12.8. The van der Waals surface area contributed by atoms with Crippen LogP contribution in [0.5, 0.6) is 0 Å². The van der Waals surface area contributed by atoms with E-state index >= 15 is 0 Å². The molecule has 0 aliphatic carbocycles. The van der Waals surface area contributed by atoms with Crippen molar-refractivity contribution in [1.82, 2.24) is 4.98 Å². The molecule has 100 valence electrons. The Balaban J connectivity index is 1.90. The van der Waals surface area contributed by atoms with Gasteiger partial charge in [-0.05, 0) is 49.2 Å². The van der Waals surface area contributed by atoms with Crippen molar-refractivity contribution in [2.24, 2.45) is 0 Å². The van der Waals surface area contributed by atoms with Gasteiger partial charge in [-0.2, -0.15) is 0 Å². The number of rotatable bonds is 2. The number of amides is 1. The van der Waals surface area contributed by atoms with Crippen LogP contribution >= 0.6 is 11.3 Å². The van der Waals surface area contributed by atoms with E-state index in [-0.39, 0.29) is 5.91 Å². The number of anilines is 1. The van der Waals surface area contributed by atoms with E-state index in [2.05, 4.69) is 10.3 Å². The van der Waals surface area contributed by atoms with Crippen molar-refractivity contribution in [2.45, 2.75) is 13.8 Å². The zero-order valence-electron chi connectivity index (χ0n) is 11.3. The van der Waals surface area contributed by atoms with Crippen LogP contribution in [0.2, 0.25) is 0 Å². The molecule has 3 rings (SSSR count). The minimum absolute atomic E-state index is 0.0889. The molecule has 1 heterocycles. The van der Waals surface area contributed by atoms with Crippen molar-refractivity contribution in [3.8, 4) is 0 Å². The third kappa shape index (κ3) is 2.42. The highest BCUT2D eigenvalue weighted by Crippen LogP contribution is 2.21. The molecule has 0 saturated carbocycles. The molecule has 1 N–H and O–H groups in total. The van der Waals surface area contributed by atoms with E-state index in [1.165, 1.54) is 11.3 Å². The second-order valence-corrected chi connectivity index (χ2v) is 5.69. The molecule has 4 heteroatoms. The van der Waals surface area contributed by atoms with Crippen LogP contribution in [-0.2, 0) is 0 Å². The Kier molecular flexibility index (Phi) is 3.24. The van der Waals surface area contributed by atoms with Gasteiger partial charge in [0.2, 0.25) is 0 Å². The van der Waals surface area contributed by atoms with Crippen molar-refractivity contribution in [1.29, 1.82) is 0 Å². The molecule has 3 aromatic rings. The van der Waals surface area contributed by atoms with Crippen LogP contribution in [-0.4, -0.2) is 10.9 Å². The summed E-state index contributed by atoms with van der Waals surface area (Å²) in [6.45, 7) is 4.00. The highest BCUT2D eigenvalue weighted by atomic mass is 32.1. The summed E-state index contributed by atoms with van der Waals surface area (Å²) >= 11 is 1.54. The number of thiazole rings is 1. The summed E-state index contributed by atoms with van der Waals surface area (Å²) in [4.78, 5) is 16.5. The highest BCUT2D eigenvalue weighted by Gasteiger charge is 2.09. The standard InChI is InChI=1S/C16H14N2OS/c1-10-3-4-11(2)14(7-10)18-16(19)12-5-6-13-15(8-12)20-9-17-13/h3-9H,1-2H3,(H,18,19). The number of carbonyl (C=O) groups excluding carboxylic acids is 1. The third-order valence-electron chi connectivity index (χ3n) is 3.23. The summed E-state index contributed by atoms with van der Waals surface area (Å²) in [6, 6.07) is 11.6. The van der Waals surface area contributed by atoms with Gasteiger partial charge < -0.3 is 5.32 Å². The van der Waals surface area contributed by atoms with E-state index in [1.807, 2.05) is 50.2 Å². The van der Waals surface area contributed by atoms with Crippen molar-refractivity contribution in [3.63, 3.8) is 0 Å². The Morgan fingerprint density at radius 3 is 2.85 bits per heavy atom. The average molecular weight is 282 g/mol. The lowest BCUT2D eigenvalue weighted by atomic mass is 10.1. The number of hydrogen-bond acceptors (Lipinski definition) is 3. The van der Waals surface area contributed by atoms with Gasteiger partial charge in [0.1, 0.15) is 0 Å². The smallest absolute Gasteiger partial charge is 0.255 e. The number of aryl methyl sites for hydroxylation is 2. The van der Waals surface area contributed by atoms with E-state index in [0.717, 1.165) is 27.0 Å². The fourth-order valence-corrected chi connectivity index (χ4v) is 2.78. The molecule has 0 bridgehead atoms. The number of nitrogens with zero attached hydrogens (tertiary/aromatic N) is 1. The van der Waals surface area contributed by atoms with Gasteiger partial charge in [-0.3, -0.25) is 4.79 Å². The maximum Gasteiger partial charge on any atom is 0.255 e. The van der Waals surface area contributed by atoms with Crippen molar-refractivity contribution >= 4 is 33.1 Å². The van der Waals surface area contributed by atoms with Gasteiger partial charge in [0.25, 0.3) is 5.91 Å². The van der Waals surface area contributed by atoms with E-state index in [0.29, 0.717) is 5.56 Å². The van der Waals surface area contributed by atoms with Gasteiger partial charge in [0, 0.05) is 11.3 Å². The summed E-state index contributed by atoms with van der Waals surface area (Å²) in [7, 11) is 0. The molecule has 1 amide bonds. The molecular formula is C16H14N2OS. The summed E-state index contributed by atoms with van der Waals surface area (Å²) in [5, 5.41) is 2.97. The molecule has 3 nitrogen and oxygen atoms in total. The number of hydrogen-bond donors (Lipinski definition) is 1. The molecule has 0 saturated heterocycles. The van der Waals surface area contributed by atoms with Crippen LogP contribution in [0.25, 0.3) is 10.2 Å². The SMILES string of the molecule is Cc1ccc(C)c(NC(=O)c2ccc3ncsc3c2)c1. The Bertz CT molecular complexity index is 792. The van der Waals surface area contributed by atoms with Gasteiger partial charge in [0.05, 0.1) is 15.7 Å². The van der Waals surface area contributed by atoms with Gasteiger partial charge >= 0.3 is 0 Å².